The average Bonchev–Trinajstić information content (AvgIpc) is 3.17. The molecule has 3 heterocycles. The van der Waals surface area contributed by atoms with Crippen LogP contribution in [-0.4, -0.2) is 26.0 Å². The van der Waals surface area contributed by atoms with Crippen molar-refractivity contribution in [2.45, 2.75) is 19.9 Å². The van der Waals surface area contributed by atoms with Crippen molar-refractivity contribution in [2.24, 2.45) is 0 Å². The van der Waals surface area contributed by atoms with Crippen LogP contribution in [0.25, 0.3) is 0 Å². The number of nitrogens with zero attached hydrogens (tertiary/aromatic N) is 4. The van der Waals surface area contributed by atoms with Gasteiger partial charge >= 0.3 is 0 Å². The molecule has 0 spiro atoms. The van der Waals surface area contributed by atoms with Crippen LogP contribution in [-0.2, 0) is 17.8 Å². The fraction of sp³-hybridized carbons (Fsp3) is 0.214. The smallest absolute Gasteiger partial charge is 0.246 e. The van der Waals surface area contributed by atoms with Gasteiger partial charge in [-0.2, -0.15) is 4.98 Å². The summed E-state index contributed by atoms with van der Waals surface area (Å²) >= 11 is 7.18. The largest absolute Gasteiger partial charge is 0.347 e. The number of amides is 1. The fourth-order valence-electron chi connectivity index (χ4n) is 1.82. The summed E-state index contributed by atoms with van der Waals surface area (Å²) in [6, 6.07) is 3.49. The molecule has 0 saturated carbocycles. The maximum absolute atomic E-state index is 11.9. The Balaban J connectivity index is 1.51. The van der Waals surface area contributed by atoms with Crippen LogP contribution in [0.5, 0.6) is 0 Å². The zero-order valence-electron chi connectivity index (χ0n) is 12.6. The van der Waals surface area contributed by atoms with Crippen LogP contribution >= 0.6 is 22.9 Å². The summed E-state index contributed by atoms with van der Waals surface area (Å²) in [6.45, 7) is 1.91. The van der Waals surface area contributed by atoms with E-state index in [0.29, 0.717) is 33.4 Å². The number of halogens is 1. The van der Waals surface area contributed by atoms with Crippen LogP contribution in [0.1, 0.15) is 17.4 Å². The maximum atomic E-state index is 11.9. The number of hydrogen-bond donors (Lipinski definition) is 2. The minimum atomic E-state index is -0.174. The molecule has 3 aromatic rings. The summed E-state index contributed by atoms with van der Waals surface area (Å²) in [5.74, 6) is 1.37. The van der Waals surface area contributed by atoms with Crippen LogP contribution in [0.2, 0.25) is 5.02 Å². The molecule has 124 valence electrons. The van der Waals surface area contributed by atoms with Gasteiger partial charge in [0.05, 0.1) is 23.7 Å². The highest BCUT2D eigenvalue weighted by Crippen LogP contribution is 2.20. The molecule has 8 nitrogen and oxygen atoms in total. The van der Waals surface area contributed by atoms with Gasteiger partial charge in [0.15, 0.2) is 11.0 Å². The Bertz CT molecular complexity index is 832. The first-order chi connectivity index (χ1) is 11.6. The van der Waals surface area contributed by atoms with Gasteiger partial charge in [-0.1, -0.05) is 16.8 Å². The predicted molar refractivity (Wildman–Crippen MR) is 89.2 cm³/mol. The lowest BCUT2D eigenvalue weighted by Gasteiger charge is -2.01. The van der Waals surface area contributed by atoms with Crippen molar-refractivity contribution in [1.82, 2.24) is 25.4 Å². The summed E-state index contributed by atoms with van der Waals surface area (Å²) in [6.07, 6.45) is 1.71. The molecule has 0 aliphatic rings. The Hall–Kier alpha value is -2.52. The Morgan fingerprint density at radius 2 is 2.25 bits per heavy atom. The van der Waals surface area contributed by atoms with E-state index in [-0.39, 0.29) is 18.9 Å². The second-order valence-electron chi connectivity index (χ2n) is 4.82. The Morgan fingerprint density at radius 3 is 2.96 bits per heavy atom. The third-order valence-electron chi connectivity index (χ3n) is 2.86. The molecule has 0 aliphatic heterocycles. The van der Waals surface area contributed by atoms with Gasteiger partial charge in [-0.3, -0.25) is 4.79 Å². The van der Waals surface area contributed by atoms with Crippen molar-refractivity contribution in [1.29, 1.82) is 0 Å². The highest BCUT2D eigenvalue weighted by atomic mass is 35.5. The van der Waals surface area contributed by atoms with Gasteiger partial charge in [-0.25, -0.2) is 9.97 Å². The van der Waals surface area contributed by atoms with Gasteiger partial charge in [0.25, 0.3) is 0 Å². The van der Waals surface area contributed by atoms with Crippen LogP contribution in [0.3, 0.4) is 0 Å². The topological polar surface area (TPSA) is 106 Å². The van der Waals surface area contributed by atoms with E-state index in [0.717, 1.165) is 0 Å². The van der Waals surface area contributed by atoms with E-state index in [1.54, 1.807) is 25.3 Å². The minimum absolute atomic E-state index is 0.166. The number of thiazole rings is 1. The molecule has 3 rings (SSSR count). The molecular formula is C14H13ClN6O2S. The molecule has 0 radical (unpaired) electrons. The van der Waals surface area contributed by atoms with E-state index in [1.165, 1.54) is 11.3 Å². The first kappa shape index (κ1) is 16.3. The number of anilines is 2. The zero-order chi connectivity index (χ0) is 16.9. The van der Waals surface area contributed by atoms with Gasteiger partial charge in [0, 0.05) is 11.6 Å². The van der Waals surface area contributed by atoms with Gasteiger partial charge in [0.1, 0.15) is 5.82 Å². The zero-order valence-corrected chi connectivity index (χ0v) is 14.2. The molecule has 0 unspecified atom stereocenters. The number of hydrogen-bond acceptors (Lipinski definition) is 8. The number of pyridine rings is 1. The molecule has 1 amide bonds. The Kier molecular flexibility index (Phi) is 5.02. The normalized spacial score (nSPS) is 10.6. The SMILES string of the molecule is Cc1noc(CNC(=O)Cc2csc(Nc3ccc(Cl)cn3)n2)n1. The quantitative estimate of drug-likeness (QED) is 0.692. The third kappa shape index (κ3) is 4.49. The van der Waals surface area contributed by atoms with Crippen LogP contribution < -0.4 is 10.6 Å². The van der Waals surface area contributed by atoms with Crippen molar-refractivity contribution < 1.29 is 9.32 Å². The molecule has 2 N–H and O–H groups in total. The second-order valence-corrected chi connectivity index (χ2v) is 6.11. The molecule has 3 aromatic heterocycles. The standard InChI is InChI=1S/C14H13ClN6O2S/c1-8-18-13(23-21-8)6-17-12(22)4-10-7-24-14(19-10)20-11-3-2-9(15)5-16-11/h2-3,5,7H,4,6H2,1H3,(H,17,22)(H,16,19,20). The second kappa shape index (κ2) is 7.37. The molecule has 0 saturated heterocycles. The molecule has 0 aliphatic carbocycles. The lowest BCUT2D eigenvalue weighted by Crippen LogP contribution is -2.24. The maximum Gasteiger partial charge on any atom is 0.246 e. The summed E-state index contributed by atoms with van der Waals surface area (Å²) < 4.78 is 4.93. The van der Waals surface area contributed by atoms with Crippen molar-refractivity contribution in [3.05, 3.63) is 46.1 Å². The number of aromatic nitrogens is 4. The van der Waals surface area contributed by atoms with E-state index >= 15 is 0 Å². The van der Waals surface area contributed by atoms with E-state index in [9.17, 15) is 4.79 Å². The Morgan fingerprint density at radius 1 is 1.38 bits per heavy atom. The van der Waals surface area contributed by atoms with Crippen molar-refractivity contribution in [3.8, 4) is 0 Å². The Labute approximate surface area is 146 Å². The van der Waals surface area contributed by atoms with Gasteiger partial charge in [-0.05, 0) is 19.1 Å². The molecule has 0 aromatic carbocycles. The van der Waals surface area contributed by atoms with Crippen molar-refractivity contribution in [3.63, 3.8) is 0 Å². The van der Waals surface area contributed by atoms with Gasteiger partial charge in [0.2, 0.25) is 11.8 Å². The number of carbonyl (C=O) groups excluding carboxylic acids is 1. The minimum Gasteiger partial charge on any atom is -0.347 e. The average molecular weight is 365 g/mol. The summed E-state index contributed by atoms with van der Waals surface area (Å²) in [5, 5.41) is 12.5. The number of nitrogens with one attached hydrogen (secondary N) is 2. The molecule has 0 atom stereocenters. The monoisotopic (exact) mass is 364 g/mol. The molecule has 24 heavy (non-hydrogen) atoms. The first-order valence-corrected chi connectivity index (χ1v) is 8.23. The predicted octanol–water partition coefficient (Wildman–Crippen LogP) is 2.49. The van der Waals surface area contributed by atoms with Gasteiger partial charge in [-0.15, -0.1) is 11.3 Å². The summed E-state index contributed by atoms with van der Waals surface area (Å²) in [5.41, 5.74) is 0.663. The molecule has 10 heteroatoms. The highest BCUT2D eigenvalue weighted by Gasteiger charge is 2.10. The summed E-state index contributed by atoms with van der Waals surface area (Å²) in [7, 11) is 0. The first-order valence-electron chi connectivity index (χ1n) is 6.97. The van der Waals surface area contributed by atoms with E-state index in [4.69, 9.17) is 16.1 Å². The summed E-state index contributed by atoms with van der Waals surface area (Å²) in [4.78, 5) is 24.4. The number of aryl methyl sites for hydroxylation is 1. The van der Waals surface area contributed by atoms with Crippen LogP contribution in [0, 0.1) is 6.92 Å². The van der Waals surface area contributed by atoms with E-state index in [1.807, 2.05) is 5.38 Å². The number of rotatable bonds is 6. The van der Waals surface area contributed by atoms with Crippen molar-refractivity contribution in [2.75, 3.05) is 5.32 Å². The van der Waals surface area contributed by atoms with Gasteiger partial charge < -0.3 is 15.2 Å². The molecule has 0 bridgehead atoms. The van der Waals surface area contributed by atoms with E-state index < -0.39 is 0 Å². The number of carbonyl (C=O) groups is 1. The van der Waals surface area contributed by atoms with Crippen LogP contribution in [0.15, 0.2) is 28.2 Å². The van der Waals surface area contributed by atoms with Crippen LogP contribution in [0.4, 0.5) is 10.9 Å². The van der Waals surface area contributed by atoms with Crippen molar-refractivity contribution >= 4 is 39.8 Å². The molecular weight excluding hydrogens is 352 g/mol. The third-order valence-corrected chi connectivity index (χ3v) is 3.89. The highest BCUT2D eigenvalue weighted by molar-refractivity contribution is 7.13. The van der Waals surface area contributed by atoms with E-state index in [2.05, 4.69) is 30.7 Å². The lowest BCUT2D eigenvalue weighted by atomic mass is 10.3. The fourth-order valence-corrected chi connectivity index (χ4v) is 2.65. The lowest BCUT2D eigenvalue weighted by molar-refractivity contribution is -0.120. The molecule has 0 fully saturated rings.